The Kier molecular flexibility index (Phi) is 4.05. The van der Waals surface area contributed by atoms with E-state index in [0.29, 0.717) is 5.41 Å². The van der Waals surface area contributed by atoms with Crippen molar-refractivity contribution < 1.29 is 19.4 Å². The zero-order chi connectivity index (χ0) is 15.6. The molecule has 2 N–H and O–H groups in total. The number of hydrogen-bond acceptors (Lipinski definition) is 3. The van der Waals surface area contributed by atoms with Crippen LogP contribution in [0.1, 0.15) is 37.7 Å². The van der Waals surface area contributed by atoms with Crippen molar-refractivity contribution in [1.82, 2.24) is 5.32 Å². The molecule has 22 heavy (non-hydrogen) atoms. The van der Waals surface area contributed by atoms with Crippen LogP contribution in [0.15, 0.2) is 30.3 Å². The summed E-state index contributed by atoms with van der Waals surface area (Å²) in [4.78, 5) is 23.2. The molecular weight excluding hydrogens is 282 g/mol. The van der Waals surface area contributed by atoms with Crippen LogP contribution in [0.25, 0.3) is 0 Å². The first-order chi connectivity index (χ1) is 10.6. The van der Waals surface area contributed by atoms with Gasteiger partial charge < -0.3 is 15.2 Å². The fraction of sp³-hybridized carbons (Fsp3) is 0.529. The molecule has 0 aromatic heterocycles. The highest BCUT2D eigenvalue weighted by Gasteiger charge is 2.52. The Morgan fingerprint density at radius 3 is 2.50 bits per heavy atom. The maximum absolute atomic E-state index is 11.8. The maximum Gasteiger partial charge on any atom is 0.408 e. The number of carboxylic acid groups (broad SMARTS) is 1. The second-order valence-corrected chi connectivity index (χ2v) is 6.54. The van der Waals surface area contributed by atoms with Crippen molar-refractivity contribution in [1.29, 1.82) is 0 Å². The van der Waals surface area contributed by atoms with Gasteiger partial charge in [0.25, 0.3) is 0 Å². The van der Waals surface area contributed by atoms with Crippen molar-refractivity contribution in [2.75, 3.05) is 0 Å². The largest absolute Gasteiger partial charge is 0.480 e. The highest BCUT2D eigenvalue weighted by molar-refractivity contribution is 5.80. The SMILES string of the molecule is O=C(NC(C(=O)O)C1CC2(CCC2)C1)OCc1ccccc1. The number of nitrogens with one attached hydrogen (secondary N) is 1. The van der Waals surface area contributed by atoms with Crippen molar-refractivity contribution >= 4 is 12.1 Å². The number of amides is 1. The number of carboxylic acids is 1. The number of alkyl carbamates (subject to hydrolysis) is 1. The molecule has 5 nitrogen and oxygen atoms in total. The van der Waals surface area contributed by atoms with Crippen molar-refractivity contribution in [3.8, 4) is 0 Å². The molecule has 0 aliphatic heterocycles. The van der Waals surface area contributed by atoms with Gasteiger partial charge in [-0.1, -0.05) is 36.8 Å². The molecule has 0 saturated heterocycles. The van der Waals surface area contributed by atoms with Gasteiger partial charge in [-0.15, -0.1) is 0 Å². The van der Waals surface area contributed by atoms with Crippen LogP contribution < -0.4 is 5.32 Å². The summed E-state index contributed by atoms with van der Waals surface area (Å²) in [5.74, 6) is -0.946. The van der Waals surface area contributed by atoms with Gasteiger partial charge in [0.05, 0.1) is 0 Å². The normalized spacial score (nSPS) is 20.5. The highest BCUT2D eigenvalue weighted by Crippen LogP contribution is 2.59. The van der Waals surface area contributed by atoms with Gasteiger partial charge in [0, 0.05) is 0 Å². The number of aliphatic carboxylic acids is 1. The predicted octanol–water partition coefficient (Wildman–Crippen LogP) is 2.95. The van der Waals surface area contributed by atoms with E-state index in [2.05, 4.69) is 5.32 Å². The third-order valence-electron chi connectivity index (χ3n) is 5.03. The summed E-state index contributed by atoms with van der Waals surface area (Å²) in [7, 11) is 0. The number of benzene rings is 1. The van der Waals surface area contributed by atoms with Crippen LogP contribution in [0.2, 0.25) is 0 Å². The van der Waals surface area contributed by atoms with Crippen LogP contribution in [0.5, 0.6) is 0 Å². The lowest BCUT2D eigenvalue weighted by atomic mass is 9.50. The van der Waals surface area contributed by atoms with E-state index < -0.39 is 18.1 Å². The molecule has 0 heterocycles. The third-order valence-corrected chi connectivity index (χ3v) is 5.03. The molecule has 118 valence electrons. The number of ether oxygens (including phenoxy) is 1. The fourth-order valence-electron chi connectivity index (χ4n) is 3.65. The molecule has 5 heteroatoms. The molecule has 2 aliphatic carbocycles. The highest BCUT2D eigenvalue weighted by atomic mass is 16.5. The summed E-state index contributed by atoms with van der Waals surface area (Å²) in [6.45, 7) is 0.146. The van der Waals surface area contributed by atoms with Crippen LogP contribution in [0.4, 0.5) is 4.79 Å². The standard InChI is InChI=1S/C17H21NO4/c19-15(20)14(13-9-17(10-13)7-4-8-17)18-16(21)22-11-12-5-2-1-3-6-12/h1-3,5-6,13-14H,4,7-11H2,(H,18,21)(H,19,20). The number of carbonyl (C=O) groups is 2. The third kappa shape index (κ3) is 3.08. The Hall–Kier alpha value is -2.04. The average molecular weight is 303 g/mol. The van der Waals surface area contributed by atoms with Crippen LogP contribution in [-0.4, -0.2) is 23.2 Å². The Bertz CT molecular complexity index is 545. The molecule has 2 aliphatic rings. The Balaban J connectivity index is 1.48. The monoisotopic (exact) mass is 303 g/mol. The lowest BCUT2D eigenvalue weighted by molar-refractivity contribution is -0.145. The van der Waals surface area contributed by atoms with Crippen LogP contribution in [0.3, 0.4) is 0 Å². The maximum atomic E-state index is 11.8. The van der Waals surface area contributed by atoms with Gasteiger partial charge in [-0.3, -0.25) is 0 Å². The number of carbonyl (C=O) groups excluding carboxylic acids is 1. The Labute approximate surface area is 129 Å². The molecular formula is C17H21NO4. The molecule has 2 fully saturated rings. The lowest BCUT2D eigenvalue weighted by Gasteiger charge is -2.55. The quantitative estimate of drug-likeness (QED) is 0.877. The van der Waals surface area contributed by atoms with E-state index in [-0.39, 0.29) is 12.5 Å². The molecule has 2 saturated carbocycles. The Morgan fingerprint density at radius 2 is 1.95 bits per heavy atom. The summed E-state index contributed by atoms with van der Waals surface area (Å²) >= 11 is 0. The van der Waals surface area contributed by atoms with Gasteiger partial charge in [0.1, 0.15) is 12.6 Å². The van der Waals surface area contributed by atoms with Crippen molar-refractivity contribution in [2.45, 2.75) is 44.8 Å². The van der Waals surface area contributed by atoms with Crippen LogP contribution in [0, 0.1) is 11.3 Å². The number of rotatable bonds is 5. The molecule has 1 spiro atoms. The molecule has 1 amide bonds. The molecule has 0 radical (unpaired) electrons. The number of hydrogen-bond donors (Lipinski definition) is 2. The summed E-state index contributed by atoms with van der Waals surface area (Å²) < 4.78 is 5.11. The topological polar surface area (TPSA) is 75.6 Å². The van der Waals surface area contributed by atoms with Gasteiger partial charge >= 0.3 is 12.1 Å². The first-order valence-corrected chi connectivity index (χ1v) is 7.78. The van der Waals surface area contributed by atoms with E-state index >= 15 is 0 Å². The molecule has 1 aromatic rings. The van der Waals surface area contributed by atoms with Gasteiger partial charge in [0.15, 0.2) is 0 Å². The minimum absolute atomic E-state index is 0.0297. The van der Waals surface area contributed by atoms with Gasteiger partial charge in [-0.2, -0.15) is 0 Å². The summed E-state index contributed by atoms with van der Waals surface area (Å²) in [6, 6.07) is 8.49. The lowest BCUT2D eigenvalue weighted by Crippen LogP contribution is -2.55. The van der Waals surface area contributed by atoms with Crippen molar-refractivity contribution in [3.63, 3.8) is 0 Å². The van der Waals surface area contributed by atoms with Crippen molar-refractivity contribution in [3.05, 3.63) is 35.9 Å². The molecule has 1 unspecified atom stereocenters. The van der Waals surface area contributed by atoms with E-state index in [4.69, 9.17) is 4.74 Å². The van der Waals surface area contributed by atoms with E-state index in [1.165, 1.54) is 19.3 Å². The van der Waals surface area contributed by atoms with Crippen LogP contribution >= 0.6 is 0 Å². The minimum atomic E-state index is -0.976. The zero-order valence-electron chi connectivity index (χ0n) is 12.5. The Morgan fingerprint density at radius 1 is 1.27 bits per heavy atom. The first-order valence-electron chi connectivity index (χ1n) is 7.78. The molecule has 3 rings (SSSR count). The second-order valence-electron chi connectivity index (χ2n) is 6.54. The summed E-state index contributed by atoms with van der Waals surface area (Å²) in [5, 5.41) is 11.8. The average Bonchev–Trinajstić information content (AvgIpc) is 2.42. The van der Waals surface area contributed by atoms with Crippen molar-refractivity contribution in [2.24, 2.45) is 11.3 Å². The van der Waals surface area contributed by atoms with E-state index in [1.807, 2.05) is 30.3 Å². The second kappa shape index (κ2) is 5.99. The van der Waals surface area contributed by atoms with E-state index in [9.17, 15) is 14.7 Å². The zero-order valence-corrected chi connectivity index (χ0v) is 12.5. The van der Waals surface area contributed by atoms with E-state index in [1.54, 1.807) is 0 Å². The van der Waals surface area contributed by atoms with Crippen LogP contribution in [-0.2, 0) is 16.1 Å². The molecule has 1 atom stereocenters. The van der Waals surface area contributed by atoms with E-state index in [0.717, 1.165) is 18.4 Å². The fourth-order valence-corrected chi connectivity index (χ4v) is 3.65. The van der Waals surface area contributed by atoms with Gasteiger partial charge in [0.2, 0.25) is 0 Å². The first kappa shape index (κ1) is 14.9. The van der Waals surface area contributed by atoms with Gasteiger partial charge in [-0.05, 0) is 42.6 Å². The predicted molar refractivity (Wildman–Crippen MR) is 80.2 cm³/mol. The molecule has 1 aromatic carbocycles. The smallest absolute Gasteiger partial charge is 0.408 e. The summed E-state index contributed by atoms with van der Waals surface area (Å²) in [5.41, 5.74) is 1.26. The minimum Gasteiger partial charge on any atom is -0.480 e. The van der Waals surface area contributed by atoms with Gasteiger partial charge in [-0.25, -0.2) is 9.59 Å². The summed E-state index contributed by atoms with van der Waals surface area (Å²) in [6.07, 6.45) is 4.80. The molecule has 0 bridgehead atoms.